The Morgan fingerprint density at radius 1 is 1.00 bits per heavy atom. The van der Waals surface area contributed by atoms with Crippen LogP contribution < -0.4 is 0 Å². The molecule has 0 aliphatic carbocycles. The van der Waals surface area contributed by atoms with Gasteiger partial charge in [-0.15, -0.1) is 0 Å². The minimum Gasteiger partial charge on any atom is -0.464 e. The van der Waals surface area contributed by atoms with Crippen LogP contribution in [0.3, 0.4) is 0 Å². The summed E-state index contributed by atoms with van der Waals surface area (Å²) < 4.78 is 11.3. The molecule has 2 aromatic heterocycles. The third kappa shape index (κ3) is 1.99. The molecule has 0 amide bonds. The van der Waals surface area contributed by atoms with Gasteiger partial charge >= 0.3 is 0 Å². The summed E-state index contributed by atoms with van der Waals surface area (Å²) in [6.07, 6.45) is 3.36. The van der Waals surface area contributed by atoms with Crippen LogP contribution in [0.1, 0.15) is 11.3 Å². The lowest BCUT2D eigenvalue weighted by molar-refractivity contribution is 0.604. The number of fused-ring (bicyclic) bond motifs is 2. The van der Waals surface area contributed by atoms with Crippen LogP contribution in [0.5, 0.6) is 0 Å². The number of para-hydroxylation sites is 2. The molecule has 0 fully saturated rings. The predicted octanol–water partition coefficient (Wildman–Crippen LogP) is 5.24. The van der Waals surface area contributed by atoms with Gasteiger partial charge in [-0.2, -0.15) is 5.26 Å². The maximum Gasteiger partial charge on any atom is 0.134 e. The molecule has 0 spiro atoms. The van der Waals surface area contributed by atoms with E-state index >= 15 is 0 Å². The monoisotopic (exact) mass is 285 g/mol. The Labute approximate surface area is 126 Å². The Kier molecular flexibility index (Phi) is 2.80. The third-order valence-corrected chi connectivity index (χ3v) is 3.62. The highest BCUT2D eigenvalue weighted by molar-refractivity contribution is 6.00. The molecule has 4 rings (SSSR count). The Hall–Kier alpha value is -3.25. The van der Waals surface area contributed by atoms with E-state index in [1.165, 1.54) is 0 Å². The average Bonchev–Trinajstić information content (AvgIpc) is 3.16. The molecule has 0 N–H and O–H groups in total. The SMILES string of the molecule is N#CC(=Cc1cc2ccccc2o1)c1coc2ccccc12. The minimum atomic E-state index is 0.518. The second-order valence-corrected chi connectivity index (χ2v) is 5.00. The molecule has 3 heteroatoms. The second-order valence-electron chi connectivity index (χ2n) is 5.00. The number of hydrogen-bond acceptors (Lipinski definition) is 3. The van der Waals surface area contributed by atoms with Gasteiger partial charge in [0.05, 0.1) is 5.57 Å². The van der Waals surface area contributed by atoms with Crippen molar-refractivity contribution in [2.45, 2.75) is 0 Å². The van der Waals surface area contributed by atoms with E-state index in [0.717, 1.165) is 27.5 Å². The van der Waals surface area contributed by atoms with Gasteiger partial charge in [0, 0.05) is 16.3 Å². The van der Waals surface area contributed by atoms with Crippen LogP contribution in [0, 0.1) is 11.3 Å². The molecule has 104 valence electrons. The Bertz CT molecular complexity index is 1010. The van der Waals surface area contributed by atoms with Crippen LogP contribution >= 0.6 is 0 Å². The summed E-state index contributed by atoms with van der Waals surface area (Å²) in [6.45, 7) is 0. The van der Waals surface area contributed by atoms with Crippen LogP contribution in [-0.4, -0.2) is 0 Å². The molecule has 4 aromatic rings. The van der Waals surface area contributed by atoms with Gasteiger partial charge in [0.2, 0.25) is 0 Å². The lowest BCUT2D eigenvalue weighted by Crippen LogP contribution is -1.78. The maximum absolute atomic E-state index is 9.49. The summed E-state index contributed by atoms with van der Waals surface area (Å²) in [4.78, 5) is 0. The van der Waals surface area contributed by atoms with Crippen molar-refractivity contribution in [3.05, 3.63) is 72.2 Å². The average molecular weight is 285 g/mol. The smallest absolute Gasteiger partial charge is 0.134 e. The lowest BCUT2D eigenvalue weighted by atomic mass is 10.1. The van der Waals surface area contributed by atoms with Crippen molar-refractivity contribution < 1.29 is 8.83 Å². The van der Waals surface area contributed by atoms with Crippen LogP contribution in [-0.2, 0) is 0 Å². The van der Waals surface area contributed by atoms with Gasteiger partial charge in [0.25, 0.3) is 0 Å². The molecule has 3 nitrogen and oxygen atoms in total. The van der Waals surface area contributed by atoms with E-state index < -0.39 is 0 Å². The van der Waals surface area contributed by atoms with Crippen molar-refractivity contribution in [2.75, 3.05) is 0 Å². The Morgan fingerprint density at radius 3 is 2.59 bits per heavy atom. The van der Waals surface area contributed by atoms with E-state index in [2.05, 4.69) is 6.07 Å². The first-order valence-electron chi connectivity index (χ1n) is 6.92. The zero-order valence-electron chi connectivity index (χ0n) is 11.6. The van der Waals surface area contributed by atoms with Crippen LogP contribution in [0.15, 0.2) is 69.7 Å². The largest absolute Gasteiger partial charge is 0.464 e. The third-order valence-electron chi connectivity index (χ3n) is 3.62. The molecule has 22 heavy (non-hydrogen) atoms. The number of hydrogen-bond donors (Lipinski definition) is 0. The highest BCUT2D eigenvalue weighted by Crippen LogP contribution is 2.29. The van der Waals surface area contributed by atoms with E-state index in [1.54, 1.807) is 12.3 Å². The number of rotatable bonds is 2. The molecule has 0 bridgehead atoms. The van der Waals surface area contributed by atoms with Gasteiger partial charge in [-0.05, 0) is 24.3 Å². The molecular formula is C19H11NO2. The molecule has 0 saturated heterocycles. The van der Waals surface area contributed by atoms with Gasteiger partial charge < -0.3 is 8.83 Å². The molecule has 0 atom stereocenters. The van der Waals surface area contributed by atoms with E-state index in [9.17, 15) is 5.26 Å². The first-order valence-corrected chi connectivity index (χ1v) is 6.92. The summed E-state index contributed by atoms with van der Waals surface area (Å²) in [6, 6.07) is 19.6. The zero-order valence-corrected chi connectivity index (χ0v) is 11.6. The Balaban J connectivity index is 1.86. The van der Waals surface area contributed by atoms with Crippen LogP contribution in [0.4, 0.5) is 0 Å². The second kappa shape index (κ2) is 4.94. The van der Waals surface area contributed by atoms with Crippen molar-refractivity contribution in [2.24, 2.45) is 0 Å². The number of nitriles is 1. The summed E-state index contributed by atoms with van der Waals surface area (Å²) in [5, 5.41) is 11.4. The first-order chi connectivity index (χ1) is 10.8. The number of furan rings is 2. The predicted molar refractivity (Wildman–Crippen MR) is 85.9 cm³/mol. The van der Waals surface area contributed by atoms with Gasteiger partial charge in [-0.3, -0.25) is 0 Å². The van der Waals surface area contributed by atoms with E-state index in [1.807, 2.05) is 54.6 Å². The van der Waals surface area contributed by atoms with Gasteiger partial charge in [0.15, 0.2) is 0 Å². The molecule has 0 unspecified atom stereocenters. The van der Waals surface area contributed by atoms with Crippen molar-refractivity contribution in [3.8, 4) is 6.07 Å². The zero-order chi connectivity index (χ0) is 14.9. The fourth-order valence-corrected chi connectivity index (χ4v) is 2.57. The molecule has 0 saturated carbocycles. The van der Waals surface area contributed by atoms with Crippen molar-refractivity contribution in [1.82, 2.24) is 0 Å². The summed E-state index contributed by atoms with van der Waals surface area (Å²) in [5.74, 6) is 0.656. The minimum absolute atomic E-state index is 0.518. The van der Waals surface area contributed by atoms with E-state index in [4.69, 9.17) is 8.83 Å². The number of allylic oxidation sites excluding steroid dienone is 1. The summed E-state index contributed by atoms with van der Waals surface area (Å²) >= 11 is 0. The molecule has 0 aliphatic heterocycles. The highest BCUT2D eigenvalue weighted by Gasteiger charge is 2.11. The molecular weight excluding hydrogens is 274 g/mol. The summed E-state index contributed by atoms with van der Waals surface area (Å²) in [7, 11) is 0. The molecule has 2 aromatic carbocycles. The molecule has 0 aliphatic rings. The van der Waals surface area contributed by atoms with Crippen molar-refractivity contribution >= 4 is 33.6 Å². The first kappa shape index (κ1) is 12.5. The quantitative estimate of drug-likeness (QED) is 0.473. The Morgan fingerprint density at radius 2 is 1.77 bits per heavy atom. The number of nitrogens with zero attached hydrogens (tertiary/aromatic N) is 1. The maximum atomic E-state index is 9.49. The lowest BCUT2D eigenvalue weighted by Gasteiger charge is -1.94. The summed E-state index contributed by atoms with van der Waals surface area (Å²) in [5.41, 5.74) is 2.87. The number of benzene rings is 2. The highest BCUT2D eigenvalue weighted by atomic mass is 16.3. The van der Waals surface area contributed by atoms with Crippen molar-refractivity contribution in [1.29, 1.82) is 5.26 Å². The molecule has 2 heterocycles. The molecule has 0 radical (unpaired) electrons. The van der Waals surface area contributed by atoms with E-state index in [0.29, 0.717) is 11.3 Å². The standard InChI is InChI=1S/C19H11NO2/c20-11-14(17-12-21-19-8-4-2-6-16(17)19)10-15-9-13-5-1-3-7-18(13)22-15/h1-10,12H. The fraction of sp³-hybridized carbons (Fsp3) is 0. The van der Waals surface area contributed by atoms with Crippen LogP contribution in [0.2, 0.25) is 0 Å². The van der Waals surface area contributed by atoms with Gasteiger partial charge in [-0.25, -0.2) is 0 Å². The van der Waals surface area contributed by atoms with Gasteiger partial charge in [0.1, 0.15) is 29.3 Å². The van der Waals surface area contributed by atoms with Crippen LogP contribution in [0.25, 0.3) is 33.6 Å². The van der Waals surface area contributed by atoms with Gasteiger partial charge in [-0.1, -0.05) is 36.4 Å². The fourth-order valence-electron chi connectivity index (χ4n) is 2.57. The normalized spacial score (nSPS) is 11.9. The topological polar surface area (TPSA) is 50.1 Å². The van der Waals surface area contributed by atoms with E-state index in [-0.39, 0.29) is 0 Å². The van der Waals surface area contributed by atoms with Crippen molar-refractivity contribution in [3.63, 3.8) is 0 Å².